The van der Waals surface area contributed by atoms with Gasteiger partial charge >= 0.3 is 0 Å². The van der Waals surface area contributed by atoms with Gasteiger partial charge in [0.1, 0.15) is 11.1 Å². The van der Waals surface area contributed by atoms with Crippen LogP contribution in [0.15, 0.2) is 67.4 Å². The van der Waals surface area contributed by atoms with Gasteiger partial charge in [-0.2, -0.15) is 4.98 Å². The molecule has 1 aliphatic rings. The lowest BCUT2D eigenvalue weighted by Crippen LogP contribution is -2.54. The molecular weight excluding hydrogens is 532 g/mol. The zero-order valence-corrected chi connectivity index (χ0v) is 23.0. The van der Waals surface area contributed by atoms with E-state index in [2.05, 4.69) is 42.7 Å². The Hall–Kier alpha value is -4.64. The van der Waals surface area contributed by atoms with Crippen LogP contribution >= 0.6 is 11.6 Å². The molecule has 208 valence electrons. The van der Waals surface area contributed by atoms with Gasteiger partial charge in [0.15, 0.2) is 5.82 Å². The van der Waals surface area contributed by atoms with Gasteiger partial charge in [-0.25, -0.2) is 4.98 Å². The van der Waals surface area contributed by atoms with Crippen molar-refractivity contribution in [1.29, 1.82) is 0 Å². The Balaban J connectivity index is 1.37. The summed E-state index contributed by atoms with van der Waals surface area (Å²) >= 11 is 6.33. The van der Waals surface area contributed by atoms with Crippen molar-refractivity contribution in [3.63, 3.8) is 0 Å². The number of para-hydroxylation sites is 1. The van der Waals surface area contributed by atoms with Gasteiger partial charge in [-0.1, -0.05) is 30.3 Å². The van der Waals surface area contributed by atoms with Crippen molar-refractivity contribution < 1.29 is 14.4 Å². The van der Waals surface area contributed by atoms with Crippen molar-refractivity contribution in [2.24, 2.45) is 0 Å². The molecule has 3 amide bonds. The minimum absolute atomic E-state index is 0.108. The Kier molecular flexibility index (Phi) is 9.18. The molecule has 4 N–H and O–H groups in total. The number of piperazine rings is 1. The van der Waals surface area contributed by atoms with Crippen LogP contribution < -0.4 is 26.2 Å². The highest BCUT2D eigenvalue weighted by atomic mass is 35.5. The monoisotopic (exact) mass is 562 g/mol. The van der Waals surface area contributed by atoms with E-state index in [0.29, 0.717) is 54.2 Å². The van der Waals surface area contributed by atoms with E-state index in [4.69, 9.17) is 11.6 Å². The molecular formula is C28H31ClN8O3. The number of amides is 3. The van der Waals surface area contributed by atoms with Crippen molar-refractivity contribution in [1.82, 2.24) is 25.5 Å². The zero-order chi connectivity index (χ0) is 28.6. The van der Waals surface area contributed by atoms with Gasteiger partial charge in [-0.15, -0.1) is 0 Å². The van der Waals surface area contributed by atoms with Gasteiger partial charge in [-0.05, 0) is 49.4 Å². The molecule has 40 heavy (non-hydrogen) atoms. The summed E-state index contributed by atoms with van der Waals surface area (Å²) in [5.41, 5.74) is 2.83. The van der Waals surface area contributed by atoms with Crippen molar-refractivity contribution in [3.05, 3.63) is 78.0 Å². The molecule has 0 aliphatic carbocycles. The average molecular weight is 563 g/mol. The van der Waals surface area contributed by atoms with Crippen LogP contribution in [-0.2, 0) is 9.59 Å². The molecule has 1 atom stereocenters. The lowest BCUT2D eigenvalue weighted by atomic mass is 10.1. The molecule has 1 aliphatic heterocycles. The number of nitrogens with zero attached hydrogens (tertiary/aromatic N) is 4. The molecule has 0 unspecified atom stereocenters. The minimum atomic E-state index is -0.598. The molecule has 0 bridgehead atoms. The van der Waals surface area contributed by atoms with Crippen LogP contribution in [0, 0.1) is 0 Å². The summed E-state index contributed by atoms with van der Waals surface area (Å²) in [4.78, 5) is 49.1. The van der Waals surface area contributed by atoms with Gasteiger partial charge < -0.3 is 31.1 Å². The van der Waals surface area contributed by atoms with Gasteiger partial charge in [0.25, 0.3) is 5.91 Å². The number of hydrogen-bond donors (Lipinski definition) is 4. The van der Waals surface area contributed by atoms with Crippen LogP contribution in [0.4, 0.5) is 28.8 Å². The van der Waals surface area contributed by atoms with Crippen LogP contribution in [-0.4, -0.2) is 71.9 Å². The van der Waals surface area contributed by atoms with E-state index in [1.165, 1.54) is 6.20 Å². The SMILES string of the molecule is C=CC(=O)N[C@@H](C)C(=O)N1CCN(c2ccc(Nc3ncc(Cl)c(Nc4ccccc4C(=O)NC)n3)cc2)CC1. The summed E-state index contributed by atoms with van der Waals surface area (Å²) in [6, 6.07) is 14.3. The second-order valence-electron chi connectivity index (χ2n) is 9.06. The van der Waals surface area contributed by atoms with Crippen molar-refractivity contribution in [2.75, 3.05) is 48.8 Å². The Bertz CT molecular complexity index is 1390. The topological polar surface area (TPSA) is 132 Å². The Morgan fingerprint density at radius 2 is 1.73 bits per heavy atom. The van der Waals surface area contributed by atoms with E-state index >= 15 is 0 Å². The van der Waals surface area contributed by atoms with Crippen LogP contribution in [0.25, 0.3) is 0 Å². The molecule has 1 fully saturated rings. The van der Waals surface area contributed by atoms with E-state index in [9.17, 15) is 14.4 Å². The normalized spacial score (nSPS) is 13.7. The summed E-state index contributed by atoms with van der Waals surface area (Å²) in [6.45, 7) is 7.56. The fourth-order valence-electron chi connectivity index (χ4n) is 4.24. The van der Waals surface area contributed by atoms with E-state index in [1.807, 2.05) is 30.3 Å². The average Bonchev–Trinajstić information content (AvgIpc) is 2.98. The van der Waals surface area contributed by atoms with Gasteiger partial charge in [0, 0.05) is 44.6 Å². The molecule has 12 heteroatoms. The van der Waals surface area contributed by atoms with E-state index in [0.717, 1.165) is 17.5 Å². The van der Waals surface area contributed by atoms with Gasteiger partial charge in [0.2, 0.25) is 17.8 Å². The summed E-state index contributed by atoms with van der Waals surface area (Å²) < 4.78 is 0. The number of aromatic nitrogens is 2. The highest BCUT2D eigenvalue weighted by molar-refractivity contribution is 6.33. The van der Waals surface area contributed by atoms with Crippen LogP contribution in [0.2, 0.25) is 5.02 Å². The third-order valence-electron chi connectivity index (χ3n) is 6.39. The smallest absolute Gasteiger partial charge is 0.253 e. The first-order valence-electron chi connectivity index (χ1n) is 12.7. The number of anilines is 5. The molecule has 4 rings (SSSR count). The lowest BCUT2D eigenvalue weighted by Gasteiger charge is -2.37. The predicted octanol–water partition coefficient (Wildman–Crippen LogP) is 3.32. The van der Waals surface area contributed by atoms with Crippen LogP contribution in [0.5, 0.6) is 0 Å². The molecule has 3 aromatic rings. The van der Waals surface area contributed by atoms with Crippen LogP contribution in [0.3, 0.4) is 0 Å². The maximum Gasteiger partial charge on any atom is 0.253 e. The second kappa shape index (κ2) is 12.9. The highest BCUT2D eigenvalue weighted by Gasteiger charge is 2.25. The molecule has 11 nitrogen and oxygen atoms in total. The van der Waals surface area contributed by atoms with Crippen molar-refractivity contribution >= 4 is 58.2 Å². The summed E-state index contributed by atoms with van der Waals surface area (Å²) in [5.74, 6) is -0.00883. The largest absolute Gasteiger partial charge is 0.368 e. The molecule has 2 heterocycles. The summed E-state index contributed by atoms with van der Waals surface area (Å²) in [6.07, 6.45) is 2.64. The predicted molar refractivity (Wildman–Crippen MR) is 156 cm³/mol. The molecule has 1 aromatic heterocycles. The minimum Gasteiger partial charge on any atom is -0.368 e. The van der Waals surface area contributed by atoms with E-state index < -0.39 is 6.04 Å². The Morgan fingerprint density at radius 1 is 1.02 bits per heavy atom. The van der Waals surface area contributed by atoms with Gasteiger partial charge in [-0.3, -0.25) is 14.4 Å². The third kappa shape index (κ3) is 6.86. The Morgan fingerprint density at radius 3 is 2.40 bits per heavy atom. The molecule has 0 saturated carbocycles. The quantitative estimate of drug-likeness (QED) is 0.292. The van der Waals surface area contributed by atoms with E-state index in [1.54, 1.807) is 37.1 Å². The van der Waals surface area contributed by atoms with Gasteiger partial charge in [0.05, 0.1) is 17.4 Å². The van der Waals surface area contributed by atoms with Crippen molar-refractivity contribution in [3.8, 4) is 0 Å². The molecule has 0 radical (unpaired) electrons. The summed E-state index contributed by atoms with van der Waals surface area (Å²) in [7, 11) is 1.57. The maximum absolute atomic E-state index is 12.6. The van der Waals surface area contributed by atoms with Crippen molar-refractivity contribution in [2.45, 2.75) is 13.0 Å². The molecule has 2 aromatic carbocycles. The Labute approximate surface area is 237 Å². The molecule has 1 saturated heterocycles. The second-order valence-corrected chi connectivity index (χ2v) is 9.47. The number of nitrogens with one attached hydrogen (secondary N) is 4. The maximum atomic E-state index is 12.6. The number of hydrogen-bond acceptors (Lipinski definition) is 8. The third-order valence-corrected chi connectivity index (χ3v) is 6.67. The fraction of sp³-hybridized carbons (Fsp3) is 0.250. The number of benzene rings is 2. The number of rotatable bonds is 9. The summed E-state index contributed by atoms with van der Waals surface area (Å²) in [5, 5.41) is 11.8. The number of halogens is 1. The zero-order valence-electron chi connectivity index (χ0n) is 22.3. The van der Waals surface area contributed by atoms with E-state index in [-0.39, 0.29) is 17.7 Å². The fourth-order valence-corrected chi connectivity index (χ4v) is 4.38. The first-order chi connectivity index (χ1) is 19.3. The lowest BCUT2D eigenvalue weighted by molar-refractivity contribution is -0.135. The first kappa shape index (κ1) is 28.4. The molecule has 0 spiro atoms. The van der Waals surface area contributed by atoms with Crippen LogP contribution in [0.1, 0.15) is 17.3 Å². The highest BCUT2D eigenvalue weighted by Crippen LogP contribution is 2.27. The first-order valence-corrected chi connectivity index (χ1v) is 13.1. The number of carbonyl (C=O) groups is 3. The number of carbonyl (C=O) groups excluding carboxylic acids is 3. The standard InChI is InChI=1S/C28H31ClN8O3/c1-4-24(38)32-18(2)27(40)37-15-13-36(14-16-37)20-11-9-19(10-12-20)33-28-31-17-22(29)25(35-28)34-23-8-6-5-7-21(23)26(39)30-3/h4-12,17-18H,1,13-16H2,2-3H3,(H,30,39)(H,32,38)(H2,31,33,34,35)/t18-/m0/s1.